The highest BCUT2D eigenvalue weighted by Crippen LogP contribution is 2.56. The van der Waals surface area contributed by atoms with Crippen molar-refractivity contribution in [3.05, 3.63) is 34.4 Å². The molecule has 0 spiro atoms. The summed E-state index contributed by atoms with van der Waals surface area (Å²) in [4.78, 5) is 12.0. The van der Waals surface area contributed by atoms with Crippen LogP contribution in [0.5, 0.6) is 5.75 Å². The van der Waals surface area contributed by atoms with Crippen molar-refractivity contribution in [2.75, 3.05) is 7.11 Å². The fraction of sp³-hybridized carbons (Fsp3) is 0.500. The van der Waals surface area contributed by atoms with E-state index >= 15 is 0 Å². The van der Waals surface area contributed by atoms with E-state index in [0.717, 1.165) is 37.0 Å². The third-order valence-electron chi connectivity index (χ3n) is 5.03. The number of methoxy groups -OCH3 is 1. The highest BCUT2D eigenvalue weighted by Gasteiger charge is 2.42. The molecule has 2 heteroatoms. The van der Waals surface area contributed by atoms with Gasteiger partial charge in [-0.3, -0.25) is 4.79 Å². The predicted octanol–water partition coefficient (Wildman–Crippen LogP) is 4.09. The number of aryl methyl sites for hydroxylation is 1. The van der Waals surface area contributed by atoms with Crippen LogP contribution in [0.25, 0.3) is 5.57 Å². The summed E-state index contributed by atoms with van der Waals surface area (Å²) in [7, 11) is 1.73. The predicted molar refractivity (Wildman–Crippen MR) is 81.0 cm³/mol. The first-order valence-electron chi connectivity index (χ1n) is 7.39. The van der Waals surface area contributed by atoms with E-state index in [9.17, 15) is 4.79 Å². The van der Waals surface area contributed by atoms with E-state index in [2.05, 4.69) is 26.0 Å². The second kappa shape index (κ2) is 4.47. The fourth-order valence-electron chi connectivity index (χ4n) is 3.95. The molecule has 2 aliphatic rings. The summed E-state index contributed by atoms with van der Waals surface area (Å²) in [6.07, 6.45) is 4.19. The molecule has 0 saturated carbocycles. The van der Waals surface area contributed by atoms with Crippen LogP contribution in [-0.4, -0.2) is 12.9 Å². The van der Waals surface area contributed by atoms with Crippen molar-refractivity contribution in [3.63, 3.8) is 0 Å². The Morgan fingerprint density at radius 1 is 1.25 bits per heavy atom. The lowest BCUT2D eigenvalue weighted by atomic mass is 9.69. The minimum absolute atomic E-state index is 0.173. The molecule has 2 nitrogen and oxygen atoms in total. The lowest BCUT2D eigenvalue weighted by Crippen LogP contribution is -2.22. The van der Waals surface area contributed by atoms with E-state index in [-0.39, 0.29) is 11.2 Å². The van der Waals surface area contributed by atoms with Crippen LogP contribution in [0.1, 0.15) is 49.8 Å². The van der Waals surface area contributed by atoms with Gasteiger partial charge in [0.1, 0.15) is 5.75 Å². The smallest absolute Gasteiger partial charge is 0.156 e. The molecule has 0 heterocycles. The number of Topliss-reactive ketones (excluding diaryl/α,β-unsaturated/α-hetero) is 1. The average Bonchev–Trinajstić information content (AvgIpc) is 2.75. The van der Waals surface area contributed by atoms with Crippen LogP contribution in [0.15, 0.2) is 17.7 Å². The van der Waals surface area contributed by atoms with Gasteiger partial charge in [-0.15, -0.1) is 0 Å². The second-order valence-corrected chi connectivity index (χ2v) is 6.46. The van der Waals surface area contributed by atoms with Gasteiger partial charge < -0.3 is 4.74 Å². The molecule has 1 aromatic rings. The largest absolute Gasteiger partial charge is 0.496 e. The molecule has 0 unspecified atom stereocenters. The van der Waals surface area contributed by atoms with Crippen molar-refractivity contribution in [2.24, 2.45) is 5.41 Å². The first-order chi connectivity index (χ1) is 9.46. The van der Waals surface area contributed by atoms with E-state index in [1.54, 1.807) is 14.0 Å². The van der Waals surface area contributed by atoms with Crippen LogP contribution < -0.4 is 4.74 Å². The minimum atomic E-state index is 0.173. The summed E-state index contributed by atoms with van der Waals surface area (Å²) in [5.41, 5.74) is 6.26. The number of allylic oxidation sites excluding steroid dienone is 2. The van der Waals surface area contributed by atoms with E-state index in [4.69, 9.17) is 4.74 Å². The van der Waals surface area contributed by atoms with Gasteiger partial charge in [-0.1, -0.05) is 13.0 Å². The molecule has 0 saturated heterocycles. The summed E-state index contributed by atoms with van der Waals surface area (Å²) in [6.45, 7) is 6.11. The van der Waals surface area contributed by atoms with Crippen molar-refractivity contribution in [1.29, 1.82) is 0 Å². The molecule has 106 valence electrons. The summed E-state index contributed by atoms with van der Waals surface area (Å²) < 4.78 is 5.56. The number of benzene rings is 1. The third-order valence-corrected chi connectivity index (χ3v) is 5.03. The maximum Gasteiger partial charge on any atom is 0.156 e. The molecule has 0 amide bonds. The van der Waals surface area contributed by atoms with E-state index in [1.807, 2.05) is 0 Å². The standard InChI is InChI=1S/C18H22O2/c1-11-9-15-14(16(10-11)20-4)6-8-18(3)7-5-13(12(2)19)17(15)18/h9-10H,5-8H2,1-4H3/t18-/m1/s1. The average molecular weight is 270 g/mol. The molecule has 1 atom stereocenters. The summed E-state index contributed by atoms with van der Waals surface area (Å²) in [5.74, 6) is 1.21. The first kappa shape index (κ1) is 13.4. The Morgan fingerprint density at radius 2 is 1.95 bits per heavy atom. The van der Waals surface area contributed by atoms with Crippen LogP contribution in [-0.2, 0) is 11.2 Å². The van der Waals surface area contributed by atoms with Crippen LogP contribution >= 0.6 is 0 Å². The Bertz CT molecular complexity index is 625. The van der Waals surface area contributed by atoms with Crippen molar-refractivity contribution in [2.45, 2.75) is 46.5 Å². The Morgan fingerprint density at radius 3 is 2.60 bits per heavy atom. The minimum Gasteiger partial charge on any atom is -0.496 e. The number of ketones is 1. The first-order valence-corrected chi connectivity index (χ1v) is 7.39. The number of fused-ring (bicyclic) bond motifs is 3. The maximum atomic E-state index is 12.0. The molecule has 1 aromatic carbocycles. The quantitative estimate of drug-likeness (QED) is 0.809. The molecule has 0 radical (unpaired) electrons. The molecule has 0 fully saturated rings. The topological polar surface area (TPSA) is 26.3 Å². The Kier molecular flexibility index (Phi) is 3.00. The maximum absolute atomic E-state index is 12.0. The van der Waals surface area contributed by atoms with E-state index in [0.29, 0.717) is 0 Å². The van der Waals surface area contributed by atoms with Gasteiger partial charge in [-0.25, -0.2) is 0 Å². The van der Waals surface area contributed by atoms with Crippen LogP contribution in [0.2, 0.25) is 0 Å². The van der Waals surface area contributed by atoms with Crippen LogP contribution in [0.4, 0.5) is 0 Å². The number of ether oxygens (including phenoxy) is 1. The highest BCUT2D eigenvalue weighted by atomic mass is 16.5. The van der Waals surface area contributed by atoms with Crippen molar-refractivity contribution in [3.8, 4) is 5.75 Å². The SMILES string of the molecule is COc1cc(C)cc2c1CC[C@@]1(C)CCC(C(C)=O)=C21. The molecule has 0 bridgehead atoms. The Hall–Kier alpha value is -1.57. The zero-order chi connectivity index (χ0) is 14.5. The van der Waals surface area contributed by atoms with E-state index in [1.165, 1.54) is 22.3 Å². The summed E-state index contributed by atoms with van der Waals surface area (Å²) in [5, 5.41) is 0. The van der Waals surface area contributed by atoms with Gasteiger partial charge in [0.05, 0.1) is 7.11 Å². The molecular weight excluding hydrogens is 248 g/mol. The number of rotatable bonds is 2. The Labute approximate surface area is 120 Å². The number of hydrogen-bond donors (Lipinski definition) is 0. The summed E-state index contributed by atoms with van der Waals surface area (Å²) in [6, 6.07) is 4.34. The lowest BCUT2D eigenvalue weighted by molar-refractivity contribution is -0.113. The van der Waals surface area contributed by atoms with Crippen molar-refractivity contribution < 1.29 is 9.53 Å². The van der Waals surface area contributed by atoms with Crippen LogP contribution in [0.3, 0.4) is 0 Å². The monoisotopic (exact) mass is 270 g/mol. The third kappa shape index (κ3) is 1.81. The molecule has 20 heavy (non-hydrogen) atoms. The number of carbonyl (C=O) groups excluding carboxylic acids is 1. The second-order valence-electron chi connectivity index (χ2n) is 6.46. The Balaban J connectivity index is 2.30. The van der Waals surface area contributed by atoms with Crippen molar-refractivity contribution >= 4 is 11.4 Å². The molecule has 0 aromatic heterocycles. The van der Waals surface area contributed by atoms with Gasteiger partial charge in [0.2, 0.25) is 0 Å². The highest BCUT2D eigenvalue weighted by molar-refractivity contribution is 6.04. The van der Waals surface area contributed by atoms with Gasteiger partial charge in [0.25, 0.3) is 0 Å². The molecular formula is C18H22O2. The molecule has 0 aliphatic heterocycles. The zero-order valence-electron chi connectivity index (χ0n) is 12.8. The van der Waals surface area contributed by atoms with Gasteiger partial charge >= 0.3 is 0 Å². The number of carbonyl (C=O) groups is 1. The molecule has 3 rings (SSSR count). The van der Waals surface area contributed by atoms with Gasteiger partial charge in [-0.05, 0) is 73.3 Å². The summed E-state index contributed by atoms with van der Waals surface area (Å²) >= 11 is 0. The van der Waals surface area contributed by atoms with Crippen molar-refractivity contribution in [1.82, 2.24) is 0 Å². The molecule has 2 aliphatic carbocycles. The number of hydrogen-bond acceptors (Lipinski definition) is 2. The van der Waals surface area contributed by atoms with Crippen LogP contribution in [0, 0.1) is 12.3 Å². The molecule has 0 N–H and O–H groups in total. The van der Waals surface area contributed by atoms with Gasteiger partial charge in [0, 0.05) is 5.56 Å². The fourth-order valence-corrected chi connectivity index (χ4v) is 3.95. The zero-order valence-corrected chi connectivity index (χ0v) is 12.8. The van der Waals surface area contributed by atoms with Gasteiger partial charge in [0.15, 0.2) is 5.78 Å². The lowest BCUT2D eigenvalue weighted by Gasteiger charge is -2.35. The van der Waals surface area contributed by atoms with Gasteiger partial charge in [-0.2, -0.15) is 0 Å². The van der Waals surface area contributed by atoms with E-state index < -0.39 is 0 Å². The normalized spacial score (nSPS) is 24.4.